The molecule has 1 aromatic carbocycles. The summed E-state index contributed by atoms with van der Waals surface area (Å²) in [5.41, 5.74) is 3.25. The van der Waals surface area contributed by atoms with Gasteiger partial charge in [0.1, 0.15) is 5.75 Å². The number of rotatable bonds is 5. The van der Waals surface area contributed by atoms with E-state index in [2.05, 4.69) is 11.0 Å². The Morgan fingerprint density at radius 1 is 1.35 bits per heavy atom. The van der Waals surface area contributed by atoms with Crippen LogP contribution in [0.25, 0.3) is 0 Å². The van der Waals surface area contributed by atoms with Crippen molar-refractivity contribution in [2.24, 2.45) is 0 Å². The van der Waals surface area contributed by atoms with Crippen molar-refractivity contribution in [2.45, 2.75) is 19.4 Å². The van der Waals surface area contributed by atoms with E-state index in [0.29, 0.717) is 6.61 Å². The average molecular weight is 277 g/mol. The Bertz CT molecular complexity index is 483. The molecule has 0 amide bonds. The molecule has 0 radical (unpaired) electrons. The lowest BCUT2D eigenvalue weighted by atomic mass is 10.0. The second-order valence-corrected chi connectivity index (χ2v) is 5.06. The van der Waals surface area contributed by atoms with Crippen LogP contribution in [0.3, 0.4) is 0 Å². The first-order valence-electron chi connectivity index (χ1n) is 6.94. The summed E-state index contributed by atoms with van der Waals surface area (Å²) in [7, 11) is 3.36. The Morgan fingerprint density at radius 3 is 2.70 bits per heavy atom. The van der Waals surface area contributed by atoms with E-state index in [4.69, 9.17) is 9.47 Å². The van der Waals surface area contributed by atoms with Gasteiger partial charge in [-0.25, -0.2) is 0 Å². The SMILES string of the molecule is COCC1=CCN(c2cccc(OC)c2C(C)O)CC1. The van der Waals surface area contributed by atoms with Gasteiger partial charge in [0.25, 0.3) is 0 Å². The third kappa shape index (κ3) is 3.14. The predicted octanol–water partition coefficient (Wildman–Crippen LogP) is 2.53. The van der Waals surface area contributed by atoms with E-state index >= 15 is 0 Å². The molecule has 20 heavy (non-hydrogen) atoms. The maximum Gasteiger partial charge on any atom is 0.126 e. The van der Waals surface area contributed by atoms with E-state index in [0.717, 1.165) is 36.5 Å². The lowest BCUT2D eigenvalue weighted by molar-refractivity contribution is 0.194. The minimum atomic E-state index is -0.550. The summed E-state index contributed by atoms with van der Waals surface area (Å²) in [5.74, 6) is 0.740. The molecular weight excluding hydrogens is 254 g/mol. The largest absolute Gasteiger partial charge is 0.496 e. The number of aliphatic hydroxyl groups is 1. The van der Waals surface area contributed by atoms with Crippen LogP contribution in [0.5, 0.6) is 5.75 Å². The molecule has 1 heterocycles. The highest BCUT2D eigenvalue weighted by Crippen LogP contribution is 2.35. The second-order valence-electron chi connectivity index (χ2n) is 5.06. The monoisotopic (exact) mass is 277 g/mol. The molecule has 1 unspecified atom stereocenters. The smallest absolute Gasteiger partial charge is 0.126 e. The zero-order valence-corrected chi connectivity index (χ0v) is 12.4. The number of hydrogen-bond acceptors (Lipinski definition) is 4. The fourth-order valence-corrected chi connectivity index (χ4v) is 2.65. The van der Waals surface area contributed by atoms with E-state index < -0.39 is 6.10 Å². The maximum absolute atomic E-state index is 10.0. The van der Waals surface area contributed by atoms with Gasteiger partial charge < -0.3 is 19.5 Å². The van der Waals surface area contributed by atoms with Crippen molar-refractivity contribution in [1.82, 2.24) is 0 Å². The van der Waals surface area contributed by atoms with Crippen molar-refractivity contribution in [3.8, 4) is 5.75 Å². The number of hydrogen-bond donors (Lipinski definition) is 1. The highest BCUT2D eigenvalue weighted by molar-refractivity contribution is 5.61. The van der Waals surface area contributed by atoms with Crippen molar-refractivity contribution in [3.63, 3.8) is 0 Å². The quantitative estimate of drug-likeness (QED) is 0.840. The van der Waals surface area contributed by atoms with Gasteiger partial charge in [-0.15, -0.1) is 0 Å². The molecule has 0 aliphatic carbocycles. The van der Waals surface area contributed by atoms with Crippen molar-refractivity contribution >= 4 is 5.69 Å². The molecule has 110 valence electrons. The minimum Gasteiger partial charge on any atom is -0.496 e. The van der Waals surface area contributed by atoms with Crippen molar-refractivity contribution < 1.29 is 14.6 Å². The zero-order valence-electron chi connectivity index (χ0n) is 12.4. The lowest BCUT2D eigenvalue weighted by Crippen LogP contribution is -2.30. The Labute approximate surface area is 120 Å². The first-order valence-corrected chi connectivity index (χ1v) is 6.94. The van der Waals surface area contributed by atoms with Gasteiger partial charge in [-0.2, -0.15) is 0 Å². The standard InChI is InChI=1S/C16H23NO3/c1-12(18)16-14(5-4-6-15(16)20-3)17-9-7-13(8-10-17)11-19-2/h4-7,12,18H,8-11H2,1-3H3. The number of ether oxygens (including phenoxy) is 2. The van der Waals surface area contributed by atoms with Crippen LogP contribution in [0.4, 0.5) is 5.69 Å². The third-order valence-electron chi connectivity index (χ3n) is 3.65. The molecule has 1 atom stereocenters. The maximum atomic E-state index is 10.0. The predicted molar refractivity (Wildman–Crippen MR) is 80.4 cm³/mol. The fourth-order valence-electron chi connectivity index (χ4n) is 2.65. The summed E-state index contributed by atoms with van der Waals surface area (Å²) in [4.78, 5) is 2.27. The van der Waals surface area contributed by atoms with Gasteiger partial charge in [-0.1, -0.05) is 12.1 Å². The fraction of sp³-hybridized carbons (Fsp3) is 0.500. The van der Waals surface area contributed by atoms with Gasteiger partial charge in [0.2, 0.25) is 0 Å². The molecule has 1 aliphatic heterocycles. The Hall–Kier alpha value is -1.52. The van der Waals surface area contributed by atoms with E-state index in [-0.39, 0.29) is 0 Å². The van der Waals surface area contributed by atoms with E-state index in [1.165, 1.54) is 5.57 Å². The van der Waals surface area contributed by atoms with Gasteiger partial charge in [-0.3, -0.25) is 0 Å². The number of methoxy groups -OCH3 is 2. The molecule has 0 bridgehead atoms. The molecule has 0 saturated carbocycles. The Kier molecular flexibility index (Phi) is 5.04. The highest BCUT2D eigenvalue weighted by Gasteiger charge is 2.20. The summed E-state index contributed by atoms with van der Waals surface area (Å²) < 4.78 is 10.5. The van der Waals surface area contributed by atoms with Gasteiger partial charge in [0.15, 0.2) is 0 Å². The van der Waals surface area contributed by atoms with Crippen LogP contribution in [0, 0.1) is 0 Å². The molecule has 1 aliphatic rings. The van der Waals surface area contributed by atoms with Crippen LogP contribution in [0.1, 0.15) is 25.0 Å². The molecule has 2 rings (SSSR count). The normalized spacial score (nSPS) is 16.8. The lowest BCUT2D eigenvalue weighted by Gasteiger charge is -2.31. The van der Waals surface area contributed by atoms with Crippen LogP contribution in [-0.2, 0) is 4.74 Å². The van der Waals surface area contributed by atoms with E-state index in [9.17, 15) is 5.11 Å². The summed E-state index contributed by atoms with van der Waals surface area (Å²) in [5, 5.41) is 10.0. The number of benzene rings is 1. The topological polar surface area (TPSA) is 41.9 Å². The Morgan fingerprint density at radius 2 is 2.15 bits per heavy atom. The van der Waals surface area contributed by atoms with E-state index in [1.54, 1.807) is 21.1 Å². The highest BCUT2D eigenvalue weighted by atomic mass is 16.5. The van der Waals surface area contributed by atoms with Crippen molar-refractivity contribution in [2.75, 3.05) is 38.8 Å². The van der Waals surface area contributed by atoms with Gasteiger partial charge in [0.05, 0.1) is 19.8 Å². The summed E-state index contributed by atoms with van der Waals surface area (Å²) in [6, 6.07) is 5.90. The molecule has 4 nitrogen and oxygen atoms in total. The summed E-state index contributed by atoms with van der Waals surface area (Å²) >= 11 is 0. The van der Waals surface area contributed by atoms with Gasteiger partial charge in [-0.05, 0) is 31.1 Å². The molecule has 1 N–H and O–H groups in total. The van der Waals surface area contributed by atoms with Crippen molar-refractivity contribution in [1.29, 1.82) is 0 Å². The van der Waals surface area contributed by atoms with Crippen LogP contribution in [-0.4, -0.2) is 39.0 Å². The van der Waals surface area contributed by atoms with Crippen LogP contribution in [0.2, 0.25) is 0 Å². The number of aliphatic hydroxyl groups excluding tert-OH is 1. The first kappa shape index (κ1) is 14.9. The Balaban J connectivity index is 2.26. The number of anilines is 1. The molecule has 1 aromatic rings. The van der Waals surface area contributed by atoms with Crippen LogP contribution < -0.4 is 9.64 Å². The van der Waals surface area contributed by atoms with Crippen molar-refractivity contribution in [3.05, 3.63) is 35.4 Å². The minimum absolute atomic E-state index is 0.550. The summed E-state index contributed by atoms with van der Waals surface area (Å²) in [6.07, 6.45) is 2.65. The number of nitrogens with zero attached hydrogens (tertiary/aromatic N) is 1. The van der Waals surface area contributed by atoms with Gasteiger partial charge >= 0.3 is 0 Å². The summed E-state index contributed by atoms with van der Waals surface area (Å²) in [6.45, 7) is 4.25. The van der Waals surface area contributed by atoms with Crippen LogP contribution >= 0.6 is 0 Å². The average Bonchev–Trinajstić information content (AvgIpc) is 2.47. The van der Waals surface area contributed by atoms with Gasteiger partial charge in [0, 0.05) is 31.5 Å². The third-order valence-corrected chi connectivity index (χ3v) is 3.65. The van der Waals surface area contributed by atoms with Crippen LogP contribution in [0.15, 0.2) is 29.8 Å². The van der Waals surface area contributed by atoms with E-state index in [1.807, 2.05) is 18.2 Å². The molecule has 0 fully saturated rings. The first-order chi connectivity index (χ1) is 9.67. The molecule has 0 saturated heterocycles. The molecule has 0 aromatic heterocycles. The molecular formula is C16H23NO3. The molecule has 0 spiro atoms. The molecule has 4 heteroatoms. The zero-order chi connectivity index (χ0) is 14.5. The second kappa shape index (κ2) is 6.77.